The highest BCUT2D eigenvalue weighted by molar-refractivity contribution is 7.07. The van der Waals surface area contributed by atoms with Crippen LogP contribution in [0, 0.1) is 0 Å². The lowest BCUT2D eigenvalue weighted by atomic mass is 10.1. The van der Waals surface area contributed by atoms with Crippen molar-refractivity contribution in [1.82, 2.24) is 4.90 Å². The number of rotatable bonds is 4. The molecule has 1 amide bonds. The van der Waals surface area contributed by atoms with Gasteiger partial charge in [-0.1, -0.05) is 12.1 Å². The Hall–Kier alpha value is -1.81. The van der Waals surface area contributed by atoms with Gasteiger partial charge in [-0.3, -0.25) is 4.79 Å². The molecule has 94 valence electrons. The van der Waals surface area contributed by atoms with Crippen molar-refractivity contribution in [3.8, 4) is 5.75 Å². The number of benzene rings is 1. The first-order chi connectivity index (χ1) is 8.72. The zero-order chi connectivity index (χ0) is 13.0. The number of methoxy groups -OCH3 is 1. The highest BCUT2D eigenvalue weighted by Crippen LogP contribution is 2.20. The molecule has 0 radical (unpaired) electrons. The van der Waals surface area contributed by atoms with Gasteiger partial charge < -0.3 is 9.64 Å². The molecule has 0 atom stereocenters. The van der Waals surface area contributed by atoms with Crippen LogP contribution in [0.2, 0.25) is 0 Å². The number of thiophene rings is 1. The number of nitrogens with zero attached hydrogens (tertiary/aromatic N) is 1. The summed E-state index contributed by atoms with van der Waals surface area (Å²) < 4.78 is 5.21. The number of carbonyl (C=O) groups excluding carboxylic acids is 1. The van der Waals surface area contributed by atoms with E-state index < -0.39 is 0 Å². The molecule has 2 aromatic rings. The molecule has 0 bridgehead atoms. The average molecular weight is 261 g/mol. The summed E-state index contributed by atoms with van der Waals surface area (Å²) >= 11 is 1.63. The Bertz CT molecular complexity index is 522. The summed E-state index contributed by atoms with van der Waals surface area (Å²) in [4.78, 5) is 14.0. The molecule has 0 aliphatic heterocycles. The fourth-order valence-electron chi connectivity index (χ4n) is 1.76. The molecule has 0 aliphatic rings. The number of ether oxygens (including phenoxy) is 1. The van der Waals surface area contributed by atoms with Crippen molar-refractivity contribution in [3.05, 3.63) is 52.2 Å². The number of para-hydroxylation sites is 1. The maximum atomic E-state index is 12.3. The Kier molecular flexibility index (Phi) is 3.99. The van der Waals surface area contributed by atoms with Crippen molar-refractivity contribution >= 4 is 17.2 Å². The minimum absolute atomic E-state index is 0.0290. The van der Waals surface area contributed by atoms with Gasteiger partial charge in [-0.05, 0) is 34.5 Å². The second kappa shape index (κ2) is 5.69. The fraction of sp³-hybridized carbons (Fsp3) is 0.214. The van der Waals surface area contributed by atoms with Gasteiger partial charge in [-0.25, -0.2) is 0 Å². The van der Waals surface area contributed by atoms with Crippen LogP contribution in [0.1, 0.15) is 15.9 Å². The van der Waals surface area contributed by atoms with E-state index in [4.69, 9.17) is 4.74 Å². The van der Waals surface area contributed by atoms with Crippen LogP contribution >= 0.6 is 11.3 Å². The second-order valence-corrected chi connectivity index (χ2v) is 4.77. The van der Waals surface area contributed by atoms with Crippen LogP contribution in [0.5, 0.6) is 5.75 Å². The van der Waals surface area contributed by atoms with Crippen molar-refractivity contribution in [3.63, 3.8) is 0 Å². The van der Waals surface area contributed by atoms with Crippen molar-refractivity contribution in [2.45, 2.75) is 6.54 Å². The largest absolute Gasteiger partial charge is 0.496 e. The van der Waals surface area contributed by atoms with Crippen LogP contribution in [0.25, 0.3) is 0 Å². The van der Waals surface area contributed by atoms with Gasteiger partial charge in [0.25, 0.3) is 5.91 Å². The molecule has 1 aromatic carbocycles. The number of hydrogen-bond donors (Lipinski definition) is 0. The van der Waals surface area contributed by atoms with Gasteiger partial charge in [0, 0.05) is 13.6 Å². The average Bonchev–Trinajstić information content (AvgIpc) is 2.90. The normalized spacial score (nSPS) is 10.1. The van der Waals surface area contributed by atoms with Gasteiger partial charge in [-0.2, -0.15) is 11.3 Å². The maximum Gasteiger partial charge on any atom is 0.257 e. The summed E-state index contributed by atoms with van der Waals surface area (Å²) in [6.45, 7) is 0.611. The molecule has 0 N–H and O–H groups in total. The first-order valence-corrected chi connectivity index (χ1v) is 6.56. The van der Waals surface area contributed by atoms with Gasteiger partial charge in [0.2, 0.25) is 0 Å². The van der Waals surface area contributed by atoms with Crippen LogP contribution in [-0.4, -0.2) is 25.0 Å². The lowest BCUT2D eigenvalue weighted by Gasteiger charge is -2.18. The van der Waals surface area contributed by atoms with E-state index >= 15 is 0 Å². The first-order valence-electron chi connectivity index (χ1n) is 5.62. The summed E-state index contributed by atoms with van der Waals surface area (Å²) in [6, 6.07) is 9.30. The van der Waals surface area contributed by atoms with E-state index in [1.54, 1.807) is 42.5 Å². The quantitative estimate of drug-likeness (QED) is 0.846. The SMILES string of the molecule is COc1ccccc1C(=O)N(C)Cc1ccsc1. The van der Waals surface area contributed by atoms with E-state index in [1.807, 2.05) is 29.0 Å². The molecule has 0 unspecified atom stereocenters. The molecule has 18 heavy (non-hydrogen) atoms. The van der Waals surface area contributed by atoms with Crippen molar-refractivity contribution in [2.75, 3.05) is 14.2 Å². The number of hydrogen-bond acceptors (Lipinski definition) is 3. The fourth-order valence-corrected chi connectivity index (χ4v) is 2.42. The summed E-state index contributed by atoms with van der Waals surface area (Å²) in [5, 5.41) is 4.06. The molecule has 4 heteroatoms. The second-order valence-electron chi connectivity index (χ2n) is 3.99. The van der Waals surface area contributed by atoms with E-state index in [2.05, 4.69) is 0 Å². The van der Waals surface area contributed by atoms with Crippen LogP contribution in [0.4, 0.5) is 0 Å². The molecule has 1 aromatic heterocycles. The third-order valence-electron chi connectivity index (χ3n) is 2.68. The molecule has 0 spiro atoms. The Balaban J connectivity index is 2.15. The predicted octanol–water partition coefficient (Wildman–Crippen LogP) is 3.03. The topological polar surface area (TPSA) is 29.5 Å². The Morgan fingerprint density at radius 1 is 1.33 bits per heavy atom. The first kappa shape index (κ1) is 12.6. The van der Waals surface area contributed by atoms with Crippen LogP contribution in [0.15, 0.2) is 41.1 Å². The van der Waals surface area contributed by atoms with Crippen LogP contribution < -0.4 is 4.74 Å². The summed E-state index contributed by atoms with van der Waals surface area (Å²) in [5.74, 6) is 0.582. The van der Waals surface area contributed by atoms with Gasteiger partial charge in [0.05, 0.1) is 12.7 Å². The predicted molar refractivity (Wildman–Crippen MR) is 73.1 cm³/mol. The summed E-state index contributed by atoms with van der Waals surface area (Å²) in [6.07, 6.45) is 0. The van der Waals surface area contributed by atoms with E-state index in [-0.39, 0.29) is 5.91 Å². The minimum Gasteiger partial charge on any atom is -0.496 e. The van der Waals surface area contributed by atoms with Crippen LogP contribution in [0.3, 0.4) is 0 Å². The number of carbonyl (C=O) groups is 1. The molecule has 2 rings (SSSR count). The van der Waals surface area contributed by atoms with E-state index in [0.717, 1.165) is 5.56 Å². The smallest absolute Gasteiger partial charge is 0.257 e. The highest BCUT2D eigenvalue weighted by atomic mass is 32.1. The Morgan fingerprint density at radius 3 is 2.78 bits per heavy atom. The number of amides is 1. The third-order valence-corrected chi connectivity index (χ3v) is 3.42. The van der Waals surface area contributed by atoms with Crippen molar-refractivity contribution in [1.29, 1.82) is 0 Å². The van der Waals surface area contributed by atoms with Crippen LogP contribution in [-0.2, 0) is 6.54 Å². The molecular formula is C14H15NO2S. The zero-order valence-corrected chi connectivity index (χ0v) is 11.2. The molecule has 0 saturated carbocycles. The molecule has 0 aliphatic carbocycles. The molecule has 0 fully saturated rings. The summed E-state index contributed by atoms with van der Waals surface area (Å²) in [7, 11) is 3.37. The minimum atomic E-state index is -0.0290. The third kappa shape index (κ3) is 2.71. The van der Waals surface area contributed by atoms with Gasteiger partial charge in [0.15, 0.2) is 0 Å². The monoisotopic (exact) mass is 261 g/mol. The Morgan fingerprint density at radius 2 is 2.11 bits per heavy atom. The van der Waals surface area contributed by atoms with Crippen molar-refractivity contribution < 1.29 is 9.53 Å². The Labute approximate surface area is 111 Å². The van der Waals surface area contributed by atoms with E-state index in [9.17, 15) is 4.79 Å². The van der Waals surface area contributed by atoms with Gasteiger partial charge in [0.1, 0.15) is 5.75 Å². The molecule has 3 nitrogen and oxygen atoms in total. The highest BCUT2D eigenvalue weighted by Gasteiger charge is 2.16. The zero-order valence-electron chi connectivity index (χ0n) is 10.4. The lowest BCUT2D eigenvalue weighted by molar-refractivity contribution is 0.0782. The van der Waals surface area contributed by atoms with Crippen molar-refractivity contribution in [2.24, 2.45) is 0 Å². The van der Waals surface area contributed by atoms with E-state index in [1.165, 1.54) is 0 Å². The van der Waals surface area contributed by atoms with Gasteiger partial charge in [-0.15, -0.1) is 0 Å². The molecule has 0 saturated heterocycles. The molecular weight excluding hydrogens is 246 g/mol. The maximum absolute atomic E-state index is 12.3. The standard InChI is InChI=1S/C14H15NO2S/c1-15(9-11-7-8-18-10-11)14(16)12-5-3-4-6-13(12)17-2/h3-8,10H,9H2,1-2H3. The van der Waals surface area contributed by atoms with E-state index in [0.29, 0.717) is 17.9 Å². The summed E-state index contributed by atoms with van der Waals surface area (Å²) in [5.41, 5.74) is 1.74. The van der Waals surface area contributed by atoms with Gasteiger partial charge >= 0.3 is 0 Å². The lowest BCUT2D eigenvalue weighted by Crippen LogP contribution is -2.26. The molecule has 1 heterocycles.